The molecule has 3 aromatic rings. The van der Waals surface area contributed by atoms with Crippen LogP contribution in [0.15, 0.2) is 54.7 Å². The van der Waals surface area contributed by atoms with Gasteiger partial charge in [0.05, 0.1) is 29.5 Å². The fourth-order valence-electron chi connectivity index (χ4n) is 5.01. The topological polar surface area (TPSA) is 35.0 Å². The number of nitrogens with zero attached hydrogens (tertiary/aromatic N) is 2. The zero-order chi connectivity index (χ0) is 25.8. The van der Waals surface area contributed by atoms with Gasteiger partial charge in [0, 0.05) is 5.56 Å². The van der Waals surface area contributed by atoms with Crippen LogP contribution in [0.1, 0.15) is 122 Å². The molecule has 0 aliphatic carbocycles. The number of hydrogen-bond donors (Lipinski definition) is 0. The Morgan fingerprint density at radius 1 is 0.541 bits per heavy atom. The largest absolute Gasteiger partial charge is 0.494 e. The van der Waals surface area contributed by atoms with E-state index < -0.39 is 0 Å². The van der Waals surface area contributed by atoms with Crippen LogP contribution in [0.25, 0.3) is 22.3 Å². The van der Waals surface area contributed by atoms with Crippen molar-refractivity contribution in [3.63, 3.8) is 0 Å². The van der Waals surface area contributed by atoms with E-state index in [0.717, 1.165) is 41.1 Å². The van der Waals surface area contributed by atoms with E-state index in [4.69, 9.17) is 9.72 Å². The summed E-state index contributed by atoms with van der Waals surface area (Å²) in [5.74, 6) is 0.935. The molecule has 0 bridgehead atoms. The minimum absolute atomic E-state index is 0.799. The maximum atomic E-state index is 5.96. The van der Waals surface area contributed by atoms with E-state index in [0.29, 0.717) is 0 Å². The zero-order valence-electron chi connectivity index (χ0n) is 23.4. The standard InChI is InChI=1S/C34H50N2O/c1-2-3-4-5-6-7-8-9-10-11-12-13-14-15-16-17-18-21-28-37-31-26-24-30(25-27-31)34-29-35-32-22-19-20-23-33(32)36-34/h19-20,22-27,29H,2-18,21,28H2,1H3. The third-order valence-electron chi connectivity index (χ3n) is 7.37. The second-order valence-electron chi connectivity index (χ2n) is 10.6. The van der Waals surface area contributed by atoms with Crippen molar-refractivity contribution < 1.29 is 4.74 Å². The first-order chi connectivity index (χ1) is 18.4. The second-order valence-corrected chi connectivity index (χ2v) is 10.6. The lowest BCUT2D eigenvalue weighted by molar-refractivity contribution is 0.304. The molecule has 37 heavy (non-hydrogen) atoms. The molecule has 0 unspecified atom stereocenters. The van der Waals surface area contributed by atoms with Crippen LogP contribution in [-0.2, 0) is 0 Å². The predicted molar refractivity (Wildman–Crippen MR) is 159 cm³/mol. The van der Waals surface area contributed by atoms with E-state index in [-0.39, 0.29) is 0 Å². The molecule has 1 heterocycles. The molecule has 3 rings (SSSR count). The normalized spacial score (nSPS) is 11.3. The minimum Gasteiger partial charge on any atom is -0.494 e. The number of benzene rings is 2. The van der Waals surface area contributed by atoms with Crippen molar-refractivity contribution >= 4 is 11.0 Å². The lowest BCUT2D eigenvalue weighted by Crippen LogP contribution is -1.97. The summed E-state index contributed by atoms with van der Waals surface area (Å²) >= 11 is 0. The molecule has 0 N–H and O–H groups in total. The maximum absolute atomic E-state index is 5.96. The highest BCUT2D eigenvalue weighted by atomic mass is 16.5. The molecule has 0 spiro atoms. The number of para-hydroxylation sites is 2. The molecule has 202 valence electrons. The summed E-state index contributed by atoms with van der Waals surface area (Å²) in [4.78, 5) is 9.24. The van der Waals surface area contributed by atoms with Gasteiger partial charge in [-0.25, -0.2) is 4.98 Å². The van der Waals surface area contributed by atoms with E-state index in [1.54, 1.807) is 0 Å². The van der Waals surface area contributed by atoms with Crippen LogP contribution >= 0.6 is 0 Å². The molecular formula is C34H50N2O. The third kappa shape index (κ3) is 12.1. The number of unbranched alkanes of at least 4 members (excludes halogenated alkanes) is 17. The quantitative estimate of drug-likeness (QED) is 0.136. The van der Waals surface area contributed by atoms with Gasteiger partial charge in [-0.2, -0.15) is 0 Å². The monoisotopic (exact) mass is 502 g/mol. The molecule has 0 amide bonds. The molecule has 0 radical (unpaired) electrons. The van der Waals surface area contributed by atoms with Crippen LogP contribution in [-0.4, -0.2) is 16.6 Å². The average Bonchev–Trinajstić information content (AvgIpc) is 2.94. The average molecular weight is 503 g/mol. The first kappa shape index (κ1) is 29.1. The van der Waals surface area contributed by atoms with Gasteiger partial charge in [-0.15, -0.1) is 0 Å². The van der Waals surface area contributed by atoms with E-state index >= 15 is 0 Å². The first-order valence-corrected chi connectivity index (χ1v) is 15.3. The Morgan fingerprint density at radius 3 is 1.57 bits per heavy atom. The molecule has 0 atom stereocenters. The maximum Gasteiger partial charge on any atom is 0.119 e. The Balaban J connectivity index is 1.12. The lowest BCUT2D eigenvalue weighted by Gasteiger charge is -2.08. The van der Waals surface area contributed by atoms with Crippen molar-refractivity contribution in [2.45, 2.75) is 122 Å². The number of fused-ring (bicyclic) bond motifs is 1. The van der Waals surface area contributed by atoms with Crippen LogP contribution in [0.2, 0.25) is 0 Å². The fraction of sp³-hybridized carbons (Fsp3) is 0.588. The van der Waals surface area contributed by atoms with Gasteiger partial charge in [0.15, 0.2) is 0 Å². The second kappa shape index (κ2) is 18.8. The van der Waals surface area contributed by atoms with Gasteiger partial charge in [0.25, 0.3) is 0 Å². The third-order valence-corrected chi connectivity index (χ3v) is 7.37. The number of aromatic nitrogens is 2. The summed E-state index contributed by atoms with van der Waals surface area (Å²) in [5.41, 5.74) is 3.82. The van der Waals surface area contributed by atoms with Crippen LogP contribution in [0.5, 0.6) is 5.75 Å². The van der Waals surface area contributed by atoms with Crippen LogP contribution < -0.4 is 4.74 Å². The van der Waals surface area contributed by atoms with Crippen molar-refractivity contribution in [2.24, 2.45) is 0 Å². The van der Waals surface area contributed by atoms with Gasteiger partial charge in [-0.1, -0.05) is 128 Å². The van der Waals surface area contributed by atoms with Crippen molar-refractivity contribution in [1.29, 1.82) is 0 Å². The molecule has 0 aliphatic rings. The van der Waals surface area contributed by atoms with E-state index in [1.807, 2.05) is 42.6 Å². The Bertz CT molecular complexity index is 969. The highest BCUT2D eigenvalue weighted by Gasteiger charge is 2.03. The van der Waals surface area contributed by atoms with Gasteiger partial charge in [0.1, 0.15) is 5.75 Å². The summed E-state index contributed by atoms with van der Waals surface area (Å²) in [6.07, 6.45) is 27.1. The van der Waals surface area contributed by atoms with Gasteiger partial charge in [0.2, 0.25) is 0 Å². The van der Waals surface area contributed by atoms with Crippen LogP contribution in [0, 0.1) is 0 Å². The Morgan fingerprint density at radius 2 is 1.03 bits per heavy atom. The first-order valence-electron chi connectivity index (χ1n) is 15.3. The van der Waals surface area contributed by atoms with Gasteiger partial charge >= 0.3 is 0 Å². The zero-order valence-corrected chi connectivity index (χ0v) is 23.4. The Labute approximate surface area is 226 Å². The molecule has 0 aliphatic heterocycles. The lowest BCUT2D eigenvalue weighted by atomic mass is 10.0. The SMILES string of the molecule is CCCCCCCCCCCCCCCCCCCCOc1ccc(-c2cnc3ccccc3n2)cc1. The summed E-state index contributed by atoms with van der Waals surface area (Å²) in [7, 11) is 0. The number of rotatable bonds is 21. The minimum atomic E-state index is 0.799. The molecule has 0 fully saturated rings. The summed E-state index contributed by atoms with van der Waals surface area (Å²) in [5, 5.41) is 0. The van der Waals surface area contributed by atoms with E-state index in [1.165, 1.54) is 109 Å². The summed E-state index contributed by atoms with van der Waals surface area (Å²) in [6.45, 7) is 3.09. The molecule has 3 nitrogen and oxygen atoms in total. The van der Waals surface area contributed by atoms with Crippen molar-refractivity contribution in [1.82, 2.24) is 9.97 Å². The van der Waals surface area contributed by atoms with Gasteiger partial charge in [-0.05, 0) is 42.8 Å². The molecule has 0 saturated carbocycles. The predicted octanol–water partition coefficient (Wildman–Crippen LogP) is 10.7. The summed E-state index contributed by atoms with van der Waals surface area (Å²) < 4.78 is 5.96. The Kier molecular flexibility index (Phi) is 14.8. The fourth-order valence-corrected chi connectivity index (χ4v) is 5.01. The number of ether oxygens (including phenoxy) is 1. The van der Waals surface area contributed by atoms with Crippen LogP contribution in [0.3, 0.4) is 0 Å². The number of hydrogen-bond acceptors (Lipinski definition) is 3. The van der Waals surface area contributed by atoms with Gasteiger partial charge < -0.3 is 4.74 Å². The molecule has 3 heteroatoms. The highest BCUT2D eigenvalue weighted by molar-refractivity contribution is 5.76. The molecule has 0 saturated heterocycles. The van der Waals surface area contributed by atoms with Crippen molar-refractivity contribution in [2.75, 3.05) is 6.61 Å². The highest BCUT2D eigenvalue weighted by Crippen LogP contribution is 2.22. The van der Waals surface area contributed by atoms with E-state index in [9.17, 15) is 0 Å². The van der Waals surface area contributed by atoms with Crippen molar-refractivity contribution in [3.8, 4) is 17.0 Å². The smallest absolute Gasteiger partial charge is 0.119 e. The van der Waals surface area contributed by atoms with Gasteiger partial charge in [-0.3, -0.25) is 4.98 Å². The molecule has 2 aromatic carbocycles. The van der Waals surface area contributed by atoms with E-state index in [2.05, 4.69) is 24.0 Å². The Hall–Kier alpha value is -2.42. The molecular weight excluding hydrogens is 452 g/mol. The summed E-state index contributed by atoms with van der Waals surface area (Å²) in [6, 6.07) is 16.2. The van der Waals surface area contributed by atoms with Crippen LogP contribution in [0.4, 0.5) is 0 Å². The van der Waals surface area contributed by atoms with Crippen molar-refractivity contribution in [3.05, 3.63) is 54.7 Å². The molecule has 1 aromatic heterocycles.